The third kappa shape index (κ3) is 4.91. The van der Waals surface area contributed by atoms with Gasteiger partial charge in [0.05, 0.1) is 9.37 Å². The van der Waals surface area contributed by atoms with Crippen LogP contribution in [0.15, 0.2) is 21.5 Å². The second kappa shape index (κ2) is 7.11. The molecule has 0 aliphatic carbocycles. The third-order valence-corrected chi connectivity index (χ3v) is 5.83. The first-order valence-corrected chi connectivity index (χ1v) is 9.05. The summed E-state index contributed by atoms with van der Waals surface area (Å²) in [5.41, 5.74) is 6.02. The fourth-order valence-corrected chi connectivity index (χ4v) is 4.32. The molecule has 0 bridgehead atoms. The molecule has 7 heteroatoms. The smallest absolute Gasteiger partial charge is 0.242 e. The van der Waals surface area contributed by atoms with E-state index in [0.29, 0.717) is 21.1 Å². The monoisotopic (exact) mass is 382 g/mol. The van der Waals surface area contributed by atoms with Crippen LogP contribution in [0.25, 0.3) is 0 Å². The largest absolute Gasteiger partial charge is 0.398 e. The molecule has 0 aromatic heterocycles. The van der Waals surface area contributed by atoms with Gasteiger partial charge < -0.3 is 5.73 Å². The van der Waals surface area contributed by atoms with E-state index in [0.717, 1.165) is 12.8 Å². The van der Waals surface area contributed by atoms with Crippen molar-refractivity contribution in [2.45, 2.75) is 44.6 Å². The van der Waals surface area contributed by atoms with Gasteiger partial charge in [0.15, 0.2) is 0 Å². The zero-order valence-electron chi connectivity index (χ0n) is 11.8. The first kappa shape index (κ1) is 17.8. The number of nitrogens with two attached hydrogens (primary N) is 1. The molecular formula is C13H20BrClN2O2S. The zero-order chi connectivity index (χ0) is 15.5. The summed E-state index contributed by atoms with van der Waals surface area (Å²) in [6, 6.07) is 2.75. The van der Waals surface area contributed by atoms with Crippen LogP contribution in [-0.2, 0) is 10.0 Å². The molecule has 0 saturated carbocycles. The summed E-state index contributed by atoms with van der Waals surface area (Å²) in [5.74, 6) is 0.538. The molecular weight excluding hydrogens is 364 g/mol. The van der Waals surface area contributed by atoms with Crippen LogP contribution in [0.2, 0.25) is 5.02 Å². The number of sulfonamides is 1. The summed E-state index contributed by atoms with van der Waals surface area (Å²) < 4.78 is 27.7. The highest BCUT2D eigenvalue weighted by atomic mass is 79.9. The van der Waals surface area contributed by atoms with Crippen LogP contribution in [0.1, 0.15) is 33.6 Å². The number of hydrogen-bond donors (Lipinski definition) is 2. The van der Waals surface area contributed by atoms with E-state index in [1.165, 1.54) is 12.1 Å². The molecule has 0 spiro atoms. The van der Waals surface area contributed by atoms with E-state index >= 15 is 0 Å². The van der Waals surface area contributed by atoms with Crippen LogP contribution < -0.4 is 10.5 Å². The lowest BCUT2D eigenvalue weighted by Crippen LogP contribution is -2.33. The van der Waals surface area contributed by atoms with Gasteiger partial charge in [-0.3, -0.25) is 0 Å². The Bertz CT molecular complexity index is 576. The lowest BCUT2D eigenvalue weighted by atomic mass is 10.1. The van der Waals surface area contributed by atoms with Crippen molar-refractivity contribution in [3.8, 4) is 0 Å². The molecule has 20 heavy (non-hydrogen) atoms. The van der Waals surface area contributed by atoms with Crippen LogP contribution in [0.3, 0.4) is 0 Å². The molecule has 0 radical (unpaired) electrons. The summed E-state index contributed by atoms with van der Waals surface area (Å²) in [4.78, 5) is 0.0684. The Morgan fingerprint density at radius 2 is 1.90 bits per heavy atom. The standard InChI is InChI=1S/C13H20BrClN2O2S/c1-8(2)4-5-9(3)17-20(18,19)12-7-10(15)6-11(16)13(12)14/h6-9,17H,4-5,16H2,1-3H3. The van der Waals surface area contributed by atoms with Crippen LogP contribution in [-0.4, -0.2) is 14.5 Å². The maximum atomic E-state index is 12.4. The van der Waals surface area contributed by atoms with Gasteiger partial charge in [-0.25, -0.2) is 13.1 Å². The molecule has 3 N–H and O–H groups in total. The van der Waals surface area contributed by atoms with E-state index in [2.05, 4.69) is 34.5 Å². The third-order valence-electron chi connectivity index (χ3n) is 2.86. The number of halogens is 2. The van der Waals surface area contributed by atoms with Gasteiger partial charge in [0.1, 0.15) is 0 Å². The van der Waals surface area contributed by atoms with Crippen LogP contribution >= 0.6 is 27.5 Å². The maximum Gasteiger partial charge on any atom is 0.242 e. The summed E-state index contributed by atoms with van der Waals surface area (Å²) in [5, 5.41) is 0.293. The highest BCUT2D eigenvalue weighted by Crippen LogP contribution is 2.31. The highest BCUT2D eigenvalue weighted by molar-refractivity contribution is 9.10. The fraction of sp³-hybridized carbons (Fsp3) is 0.538. The van der Waals surface area contributed by atoms with Crippen molar-refractivity contribution in [2.75, 3.05) is 5.73 Å². The molecule has 0 aliphatic rings. The number of nitrogens with one attached hydrogen (secondary N) is 1. The fourth-order valence-electron chi connectivity index (χ4n) is 1.75. The number of nitrogen functional groups attached to an aromatic ring is 1. The Morgan fingerprint density at radius 3 is 2.45 bits per heavy atom. The molecule has 1 atom stereocenters. The first-order chi connectivity index (χ1) is 9.13. The zero-order valence-corrected chi connectivity index (χ0v) is 14.9. The average Bonchev–Trinajstić information content (AvgIpc) is 2.30. The molecule has 1 unspecified atom stereocenters. The molecule has 0 aliphatic heterocycles. The van der Waals surface area contributed by atoms with Crippen molar-refractivity contribution in [1.82, 2.24) is 4.72 Å². The van der Waals surface area contributed by atoms with E-state index in [-0.39, 0.29) is 10.9 Å². The molecule has 1 aromatic rings. The number of rotatable bonds is 6. The number of benzene rings is 1. The van der Waals surface area contributed by atoms with Crippen molar-refractivity contribution >= 4 is 43.2 Å². The van der Waals surface area contributed by atoms with E-state index < -0.39 is 10.0 Å². The Kier molecular flexibility index (Phi) is 6.31. The minimum atomic E-state index is -3.64. The molecule has 114 valence electrons. The minimum Gasteiger partial charge on any atom is -0.398 e. The number of hydrogen-bond acceptors (Lipinski definition) is 3. The van der Waals surface area contributed by atoms with Crippen molar-refractivity contribution in [2.24, 2.45) is 5.92 Å². The minimum absolute atomic E-state index is 0.0684. The topological polar surface area (TPSA) is 72.2 Å². The Hall–Kier alpha value is -0.300. The van der Waals surface area contributed by atoms with Crippen LogP contribution in [0.5, 0.6) is 0 Å². The lowest BCUT2D eigenvalue weighted by molar-refractivity contribution is 0.485. The van der Waals surface area contributed by atoms with Gasteiger partial charge in [-0.1, -0.05) is 25.4 Å². The van der Waals surface area contributed by atoms with Crippen molar-refractivity contribution in [1.29, 1.82) is 0 Å². The number of anilines is 1. The molecule has 0 heterocycles. The van der Waals surface area contributed by atoms with E-state index in [9.17, 15) is 8.42 Å². The Balaban J connectivity index is 2.94. The van der Waals surface area contributed by atoms with E-state index in [4.69, 9.17) is 17.3 Å². The summed E-state index contributed by atoms with van der Waals surface area (Å²) >= 11 is 9.07. The van der Waals surface area contributed by atoms with Crippen LogP contribution in [0.4, 0.5) is 5.69 Å². The molecule has 0 fully saturated rings. The van der Waals surface area contributed by atoms with Gasteiger partial charge in [-0.2, -0.15) is 0 Å². The molecule has 0 saturated heterocycles. The van der Waals surface area contributed by atoms with Crippen molar-refractivity contribution in [3.63, 3.8) is 0 Å². The maximum absolute atomic E-state index is 12.4. The second-order valence-corrected chi connectivity index (χ2v) is 8.21. The van der Waals surface area contributed by atoms with E-state index in [1.54, 1.807) is 0 Å². The molecule has 4 nitrogen and oxygen atoms in total. The molecule has 0 amide bonds. The quantitative estimate of drug-likeness (QED) is 0.734. The molecule has 1 rings (SSSR count). The van der Waals surface area contributed by atoms with Gasteiger partial charge in [0.2, 0.25) is 10.0 Å². The highest BCUT2D eigenvalue weighted by Gasteiger charge is 2.22. The normalized spacial score (nSPS) is 13.7. The van der Waals surface area contributed by atoms with Gasteiger partial charge >= 0.3 is 0 Å². The lowest BCUT2D eigenvalue weighted by Gasteiger charge is -2.16. The van der Waals surface area contributed by atoms with Gasteiger partial charge in [-0.15, -0.1) is 0 Å². The second-order valence-electron chi connectivity index (χ2n) is 5.30. The molecule has 1 aromatic carbocycles. The van der Waals surface area contributed by atoms with Crippen molar-refractivity contribution in [3.05, 3.63) is 21.6 Å². The Labute approximate surface area is 134 Å². The first-order valence-electron chi connectivity index (χ1n) is 6.40. The Morgan fingerprint density at radius 1 is 1.30 bits per heavy atom. The van der Waals surface area contributed by atoms with Gasteiger partial charge in [-0.05, 0) is 53.7 Å². The SMILES string of the molecule is CC(C)CCC(C)NS(=O)(=O)c1cc(Cl)cc(N)c1Br. The summed E-state index contributed by atoms with van der Waals surface area (Å²) in [6.07, 6.45) is 1.74. The predicted molar refractivity (Wildman–Crippen MR) is 87.4 cm³/mol. The summed E-state index contributed by atoms with van der Waals surface area (Å²) in [6.45, 7) is 6.06. The van der Waals surface area contributed by atoms with Crippen molar-refractivity contribution < 1.29 is 8.42 Å². The van der Waals surface area contributed by atoms with Crippen LogP contribution in [0, 0.1) is 5.92 Å². The average molecular weight is 384 g/mol. The van der Waals surface area contributed by atoms with Gasteiger partial charge in [0, 0.05) is 16.8 Å². The van der Waals surface area contributed by atoms with E-state index in [1.807, 2.05) is 6.92 Å². The predicted octanol–water partition coefficient (Wildman–Crippen LogP) is 3.79. The van der Waals surface area contributed by atoms with Gasteiger partial charge in [0.25, 0.3) is 0 Å². The summed E-state index contributed by atoms with van der Waals surface area (Å²) in [7, 11) is -3.64.